The Morgan fingerprint density at radius 3 is 2.06 bits per heavy atom. The molecule has 2 rings (SSSR count). The second-order valence-electron chi connectivity index (χ2n) is 3.88. The number of hydrogen-bond acceptors (Lipinski definition) is 3. The maximum Gasteiger partial charge on any atom is 0.128 e. The summed E-state index contributed by atoms with van der Waals surface area (Å²) in [6.07, 6.45) is -0.376. The summed E-state index contributed by atoms with van der Waals surface area (Å²) in [4.78, 5) is 0. The molecule has 1 N–H and O–H groups in total. The third-order valence-electron chi connectivity index (χ3n) is 2.76. The molecule has 0 saturated heterocycles. The summed E-state index contributed by atoms with van der Waals surface area (Å²) in [5, 5.41) is 12.6. The first-order valence-corrected chi connectivity index (χ1v) is 5.72. The minimum Gasteiger partial charge on any atom is -0.411 e. The molecule has 1 unspecified atom stereocenters. The molecular weight excluding hydrogens is 226 g/mol. The molecule has 18 heavy (non-hydrogen) atoms. The van der Waals surface area contributed by atoms with Crippen LogP contribution in [0.2, 0.25) is 0 Å². The van der Waals surface area contributed by atoms with Gasteiger partial charge in [-0.1, -0.05) is 65.8 Å². The second-order valence-corrected chi connectivity index (χ2v) is 3.88. The Balaban J connectivity index is 2.38. The minimum atomic E-state index is -0.376. The van der Waals surface area contributed by atoms with Gasteiger partial charge in [0.25, 0.3) is 0 Å². The number of ether oxygens (including phenoxy) is 1. The first-order valence-electron chi connectivity index (χ1n) is 5.72. The molecule has 0 amide bonds. The predicted molar refractivity (Wildman–Crippen MR) is 71.0 cm³/mol. The molecule has 0 spiro atoms. The number of nitrogens with zero attached hydrogens (tertiary/aromatic N) is 1. The molecule has 0 fully saturated rings. The van der Waals surface area contributed by atoms with Crippen LogP contribution in [0.4, 0.5) is 0 Å². The van der Waals surface area contributed by atoms with E-state index in [1.807, 2.05) is 60.7 Å². The zero-order chi connectivity index (χ0) is 12.8. The molecule has 0 radical (unpaired) electrons. The summed E-state index contributed by atoms with van der Waals surface area (Å²) in [6.45, 7) is 0. The molecule has 0 heterocycles. The Labute approximate surface area is 106 Å². The van der Waals surface area contributed by atoms with Crippen LogP contribution in [-0.2, 0) is 4.74 Å². The number of benzene rings is 2. The maximum absolute atomic E-state index is 9.25. The molecule has 92 valence electrons. The quantitative estimate of drug-likeness (QED) is 0.507. The Morgan fingerprint density at radius 1 is 1.00 bits per heavy atom. The van der Waals surface area contributed by atoms with E-state index in [1.165, 1.54) is 0 Å². The highest BCUT2D eigenvalue weighted by Crippen LogP contribution is 2.22. The Bertz CT molecular complexity index is 509. The normalized spacial score (nSPS) is 13.3. The zero-order valence-electron chi connectivity index (χ0n) is 10.2. The van der Waals surface area contributed by atoms with Gasteiger partial charge >= 0.3 is 0 Å². The van der Waals surface area contributed by atoms with Gasteiger partial charge in [0.1, 0.15) is 11.8 Å². The third kappa shape index (κ3) is 2.57. The van der Waals surface area contributed by atoms with Gasteiger partial charge in [-0.15, -0.1) is 0 Å². The van der Waals surface area contributed by atoms with E-state index in [1.54, 1.807) is 7.11 Å². The van der Waals surface area contributed by atoms with Gasteiger partial charge in [-0.3, -0.25) is 0 Å². The minimum absolute atomic E-state index is 0.376. The smallest absolute Gasteiger partial charge is 0.128 e. The molecule has 0 aliphatic heterocycles. The van der Waals surface area contributed by atoms with E-state index in [0.717, 1.165) is 11.1 Å². The van der Waals surface area contributed by atoms with Crippen molar-refractivity contribution in [3.05, 3.63) is 71.8 Å². The molecule has 2 aromatic rings. The second kappa shape index (κ2) is 5.98. The van der Waals surface area contributed by atoms with Gasteiger partial charge in [0, 0.05) is 12.7 Å². The summed E-state index contributed by atoms with van der Waals surface area (Å²) in [5.74, 6) is 0. The van der Waals surface area contributed by atoms with Crippen LogP contribution in [0.5, 0.6) is 0 Å². The maximum atomic E-state index is 9.25. The molecule has 0 aromatic heterocycles. The van der Waals surface area contributed by atoms with Crippen molar-refractivity contribution < 1.29 is 9.94 Å². The van der Waals surface area contributed by atoms with Crippen molar-refractivity contribution in [1.29, 1.82) is 0 Å². The SMILES string of the molecule is COC(/C(=N\O)c1ccccc1)c1ccccc1. The molecule has 3 nitrogen and oxygen atoms in total. The molecule has 0 aliphatic rings. The lowest BCUT2D eigenvalue weighted by atomic mass is 9.99. The Hall–Kier alpha value is -2.13. The molecule has 0 saturated carbocycles. The van der Waals surface area contributed by atoms with Crippen LogP contribution in [0.3, 0.4) is 0 Å². The average Bonchev–Trinajstić information content (AvgIpc) is 2.46. The lowest BCUT2D eigenvalue weighted by molar-refractivity contribution is 0.154. The highest BCUT2D eigenvalue weighted by molar-refractivity contribution is 6.03. The molecule has 1 atom stereocenters. The third-order valence-corrected chi connectivity index (χ3v) is 2.76. The van der Waals surface area contributed by atoms with Gasteiger partial charge in [-0.2, -0.15) is 0 Å². The first kappa shape index (κ1) is 12.3. The van der Waals surface area contributed by atoms with E-state index < -0.39 is 0 Å². The van der Waals surface area contributed by atoms with Crippen LogP contribution in [0.15, 0.2) is 65.8 Å². The van der Waals surface area contributed by atoms with Crippen LogP contribution >= 0.6 is 0 Å². The zero-order valence-corrected chi connectivity index (χ0v) is 10.2. The Kier molecular flexibility index (Phi) is 4.10. The van der Waals surface area contributed by atoms with E-state index in [9.17, 15) is 5.21 Å². The van der Waals surface area contributed by atoms with E-state index in [0.29, 0.717) is 5.71 Å². The van der Waals surface area contributed by atoms with E-state index >= 15 is 0 Å². The fourth-order valence-corrected chi connectivity index (χ4v) is 1.90. The summed E-state index contributed by atoms with van der Waals surface area (Å²) in [7, 11) is 1.60. The standard InChI is InChI=1S/C15H15NO2/c1-18-15(13-10-6-3-7-11-13)14(16-17)12-8-4-2-5-9-12/h2-11,15,17H,1H3/b16-14-. The Morgan fingerprint density at radius 2 is 1.56 bits per heavy atom. The largest absolute Gasteiger partial charge is 0.411 e. The van der Waals surface area contributed by atoms with Crippen molar-refractivity contribution in [3.8, 4) is 0 Å². The van der Waals surface area contributed by atoms with Gasteiger partial charge in [0.2, 0.25) is 0 Å². The van der Waals surface area contributed by atoms with Crippen molar-refractivity contribution in [2.24, 2.45) is 5.16 Å². The van der Waals surface area contributed by atoms with Gasteiger partial charge in [0.05, 0.1) is 0 Å². The van der Waals surface area contributed by atoms with Gasteiger partial charge in [-0.05, 0) is 5.56 Å². The molecule has 0 aliphatic carbocycles. The highest BCUT2D eigenvalue weighted by Gasteiger charge is 2.19. The molecule has 2 aromatic carbocycles. The average molecular weight is 241 g/mol. The summed E-state index contributed by atoms with van der Waals surface area (Å²) >= 11 is 0. The van der Waals surface area contributed by atoms with Crippen LogP contribution in [-0.4, -0.2) is 18.0 Å². The number of oxime groups is 1. The number of rotatable bonds is 4. The van der Waals surface area contributed by atoms with E-state index in [4.69, 9.17) is 4.74 Å². The van der Waals surface area contributed by atoms with Crippen molar-refractivity contribution in [2.75, 3.05) is 7.11 Å². The van der Waals surface area contributed by atoms with Crippen molar-refractivity contribution in [3.63, 3.8) is 0 Å². The fraction of sp³-hybridized carbons (Fsp3) is 0.133. The summed E-state index contributed by atoms with van der Waals surface area (Å²) < 4.78 is 5.45. The molecule has 0 bridgehead atoms. The monoisotopic (exact) mass is 241 g/mol. The lowest BCUT2D eigenvalue weighted by Crippen LogP contribution is -2.16. The van der Waals surface area contributed by atoms with Gasteiger partial charge in [0.15, 0.2) is 0 Å². The van der Waals surface area contributed by atoms with Crippen LogP contribution in [0.1, 0.15) is 17.2 Å². The molecular formula is C15H15NO2. The van der Waals surface area contributed by atoms with Crippen LogP contribution in [0, 0.1) is 0 Å². The van der Waals surface area contributed by atoms with Crippen molar-refractivity contribution in [1.82, 2.24) is 0 Å². The van der Waals surface area contributed by atoms with E-state index in [-0.39, 0.29) is 6.10 Å². The molecule has 3 heteroatoms. The van der Waals surface area contributed by atoms with Gasteiger partial charge < -0.3 is 9.94 Å². The van der Waals surface area contributed by atoms with Gasteiger partial charge in [-0.25, -0.2) is 0 Å². The predicted octanol–water partition coefficient (Wildman–Crippen LogP) is 3.25. The number of hydrogen-bond donors (Lipinski definition) is 1. The first-order chi connectivity index (χ1) is 8.86. The lowest BCUT2D eigenvalue weighted by Gasteiger charge is -2.17. The van der Waals surface area contributed by atoms with Crippen molar-refractivity contribution >= 4 is 5.71 Å². The summed E-state index contributed by atoms with van der Waals surface area (Å²) in [5.41, 5.74) is 2.30. The summed E-state index contributed by atoms with van der Waals surface area (Å²) in [6, 6.07) is 19.2. The fourth-order valence-electron chi connectivity index (χ4n) is 1.90. The van der Waals surface area contributed by atoms with Crippen molar-refractivity contribution in [2.45, 2.75) is 6.10 Å². The number of methoxy groups -OCH3 is 1. The van der Waals surface area contributed by atoms with Crippen LogP contribution < -0.4 is 0 Å². The van der Waals surface area contributed by atoms with Crippen LogP contribution in [0.25, 0.3) is 0 Å². The highest BCUT2D eigenvalue weighted by atomic mass is 16.5. The topological polar surface area (TPSA) is 41.8 Å². The van der Waals surface area contributed by atoms with E-state index in [2.05, 4.69) is 5.16 Å².